The second-order valence-corrected chi connectivity index (χ2v) is 6.82. The van der Waals surface area contributed by atoms with Gasteiger partial charge < -0.3 is 4.57 Å². The van der Waals surface area contributed by atoms with E-state index in [1.165, 1.54) is 37.7 Å². The molecule has 0 atom stereocenters. The number of para-hydroxylation sites is 1. The SMILES string of the molecule is C(=Nc1ccc(C2CCCCC2)cc1)c1cccn1-c1ccccc1. The van der Waals surface area contributed by atoms with Crippen LogP contribution in [0.2, 0.25) is 0 Å². The molecule has 2 aromatic carbocycles. The van der Waals surface area contributed by atoms with Gasteiger partial charge >= 0.3 is 0 Å². The molecule has 0 amide bonds. The van der Waals surface area contributed by atoms with Crippen LogP contribution in [0.1, 0.15) is 49.3 Å². The standard InChI is InChI=1S/C23H24N2/c1-3-8-19(9-4-1)20-13-15-21(16-14-20)24-18-23-12-7-17-25(23)22-10-5-2-6-11-22/h2,5-7,10-19H,1,3-4,8-9H2. The van der Waals surface area contributed by atoms with Crippen molar-refractivity contribution in [1.82, 2.24) is 4.57 Å². The van der Waals surface area contributed by atoms with Crippen LogP contribution < -0.4 is 0 Å². The van der Waals surface area contributed by atoms with Gasteiger partial charge in [-0.25, -0.2) is 0 Å². The Bertz CT molecular complexity index is 822. The van der Waals surface area contributed by atoms with Crippen molar-refractivity contribution in [2.24, 2.45) is 4.99 Å². The molecule has 0 unspecified atom stereocenters. The third-order valence-corrected chi connectivity index (χ3v) is 5.13. The third kappa shape index (κ3) is 3.74. The highest BCUT2D eigenvalue weighted by Crippen LogP contribution is 2.33. The van der Waals surface area contributed by atoms with Gasteiger partial charge in [-0.15, -0.1) is 0 Å². The molecular formula is C23H24N2. The summed E-state index contributed by atoms with van der Waals surface area (Å²) in [5, 5.41) is 0. The van der Waals surface area contributed by atoms with Gasteiger partial charge in [0.1, 0.15) is 0 Å². The Morgan fingerprint density at radius 2 is 1.56 bits per heavy atom. The highest BCUT2D eigenvalue weighted by molar-refractivity contribution is 5.81. The molecule has 1 heterocycles. The topological polar surface area (TPSA) is 17.3 Å². The minimum Gasteiger partial charge on any atom is -0.316 e. The Kier molecular flexibility index (Phi) is 4.78. The van der Waals surface area contributed by atoms with E-state index in [0.717, 1.165) is 23.0 Å². The zero-order valence-electron chi connectivity index (χ0n) is 14.5. The lowest BCUT2D eigenvalue weighted by atomic mass is 9.84. The van der Waals surface area contributed by atoms with Gasteiger partial charge in [0.2, 0.25) is 0 Å². The molecule has 126 valence electrons. The second kappa shape index (κ2) is 7.52. The van der Waals surface area contributed by atoms with E-state index < -0.39 is 0 Å². The van der Waals surface area contributed by atoms with Gasteiger partial charge in [-0.3, -0.25) is 4.99 Å². The second-order valence-electron chi connectivity index (χ2n) is 6.82. The molecule has 25 heavy (non-hydrogen) atoms. The maximum atomic E-state index is 4.68. The van der Waals surface area contributed by atoms with E-state index in [1.807, 2.05) is 12.3 Å². The van der Waals surface area contributed by atoms with E-state index in [1.54, 1.807) is 0 Å². The molecule has 0 spiro atoms. The predicted octanol–water partition coefficient (Wildman–Crippen LogP) is 6.28. The summed E-state index contributed by atoms with van der Waals surface area (Å²) in [6.45, 7) is 0. The largest absolute Gasteiger partial charge is 0.316 e. The first kappa shape index (κ1) is 15.9. The lowest BCUT2D eigenvalue weighted by Crippen LogP contribution is -2.03. The summed E-state index contributed by atoms with van der Waals surface area (Å²) in [6.07, 6.45) is 10.9. The van der Waals surface area contributed by atoms with Crippen LogP contribution in [0.15, 0.2) is 77.9 Å². The van der Waals surface area contributed by atoms with Gasteiger partial charge in [0, 0.05) is 11.9 Å². The zero-order valence-corrected chi connectivity index (χ0v) is 14.5. The molecule has 0 N–H and O–H groups in total. The molecule has 1 fully saturated rings. The Morgan fingerprint density at radius 3 is 2.32 bits per heavy atom. The Labute approximate surface area is 149 Å². The fourth-order valence-corrected chi connectivity index (χ4v) is 3.73. The maximum Gasteiger partial charge on any atom is 0.0639 e. The van der Waals surface area contributed by atoms with Crippen molar-refractivity contribution in [1.29, 1.82) is 0 Å². The Morgan fingerprint density at radius 1 is 0.800 bits per heavy atom. The van der Waals surface area contributed by atoms with Crippen molar-refractivity contribution >= 4 is 11.9 Å². The van der Waals surface area contributed by atoms with E-state index in [2.05, 4.69) is 76.4 Å². The first-order valence-electron chi connectivity index (χ1n) is 9.27. The van der Waals surface area contributed by atoms with E-state index >= 15 is 0 Å². The van der Waals surface area contributed by atoms with Crippen LogP contribution in [0, 0.1) is 0 Å². The molecule has 1 aliphatic rings. The van der Waals surface area contributed by atoms with Crippen molar-refractivity contribution in [2.45, 2.75) is 38.0 Å². The monoisotopic (exact) mass is 328 g/mol. The molecule has 0 radical (unpaired) electrons. The zero-order chi connectivity index (χ0) is 16.9. The summed E-state index contributed by atoms with van der Waals surface area (Å²) >= 11 is 0. The van der Waals surface area contributed by atoms with Crippen LogP contribution >= 0.6 is 0 Å². The first-order valence-corrected chi connectivity index (χ1v) is 9.27. The number of aromatic nitrogens is 1. The van der Waals surface area contributed by atoms with E-state index in [9.17, 15) is 0 Å². The summed E-state index contributed by atoms with van der Waals surface area (Å²) in [7, 11) is 0. The Balaban J connectivity index is 1.50. The Hall–Kier alpha value is -2.61. The van der Waals surface area contributed by atoms with Crippen LogP contribution in [0.5, 0.6) is 0 Å². The van der Waals surface area contributed by atoms with Gasteiger partial charge in [-0.1, -0.05) is 49.6 Å². The highest BCUT2D eigenvalue weighted by Gasteiger charge is 2.14. The van der Waals surface area contributed by atoms with Gasteiger partial charge in [0.25, 0.3) is 0 Å². The van der Waals surface area contributed by atoms with Crippen molar-refractivity contribution in [2.75, 3.05) is 0 Å². The molecule has 1 saturated carbocycles. The first-order chi connectivity index (χ1) is 12.4. The van der Waals surface area contributed by atoms with Crippen LogP contribution in [0.3, 0.4) is 0 Å². The summed E-state index contributed by atoms with van der Waals surface area (Å²) in [6, 6.07) is 23.3. The number of hydrogen-bond acceptors (Lipinski definition) is 1. The van der Waals surface area contributed by atoms with Crippen LogP contribution in [0.25, 0.3) is 5.69 Å². The summed E-state index contributed by atoms with van der Waals surface area (Å²) in [4.78, 5) is 4.68. The average Bonchev–Trinajstić information content (AvgIpc) is 3.17. The van der Waals surface area contributed by atoms with Crippen molar-refractivity contribution < 1.29 is 0 Å². The van der Waals surface area contributed by atoms with Gasteiger partial charge in [0.15, 0.2) is 0 Å². The van der Waals surface area contributed by atoms with Gasteiger partial charge in [0.05, 0.1) is 17.6 Å². The number of nitrogens with zero attached hydrogens (tertiary/aromatic N) is 2. The molecular weight excluding hydrogens is 304 g/mol. The molecule has 1 aromatic heterocycles. The molecule has 0 aliphatic heterocycles. The summed E-state index contributed by atoms with van der Waals surface area (Å²) < 4.78 is 2.15. The average molecular weight is 328 g/mol. The van der Waals surface area contributed by atoms with Crippen molar-refractivity contribution in [3.8, 4) is 5.69 Å². The summed E-state index contributed by atoms with van der Waals surface area (Å²) in [5.74, 6) is 0.752. The van der Waals surface area contributed by atoms with Crippen molar-refractivity contribution in [3.63, 3.8) is 0 Å². The normalized spacial score (nSPS) is 15.7. The number of benzene rings is 2. The molecule has 2 heteroatoms. The predicted molar refractivity (Wildman–Crippen MR) is 105 cm³/mol. The maximum absolute atomic E-state index is 4.68. The van der Waals surface area contributed by atoms with Crippen LogP contribution in [0.4, 0.5) is 5.69 Å². The van der Waals surface area contributed by atoms with E-state index in [4.69, 9.17) is 0 Å². The third-order valence-electron chi connectivity index (χ3n) is 5.13. The van der Waals surface area contributed by atoms with Crippen LogP contribution in [-0.2, 0) is 0 Å². The fourth-order valence-electron chi connectivity index (χ4n) is 3.73. The highest BCUT2D eigenvalue weighted by atomic mass is 15.0. The quantitative estimate of drug-likeness (QED) is 0.502. The molecule has 3 aromatic rings. The van der Waals surface area contributed by atoms with E-state index in [-0.39, 0.29) is 0 Å². The lowest BCUT2D eigenvalue weighted by molar-refractivity contribution is 0.443. The number of aliphatic imine (C=N–C) groups is 1. The minimum absolute atomic E-state index is 0.752. The number of hydrogen-bond donors (Lipinski definition) is 0. The number of rotatable bonds is 4. The van der Waals surface area contributed by atoms with Gasteiger partial charge in [-0.2, -0.15) is 0 Å². The fraction of sp³-hybridized carbons (Fsp3) is 0.261. The smallest absolute Gasteiger partial charge is 0.0639 e. The molecule has 1 aliphatic carbocycles. The minimum atomic E-state index is 0.752. The molecule has 2 nitrogen and oxygen atoms in total. The van der Waals surface area contributed by atoms with Gasteiger partial charge in [-0.05, 0) is 60.7 Å². The molecule has 0 saturated heterocycles. The van der Waals surface area contributed by atoms with E-state index in [0.29, 0.717) is 0 Å². The van der Waals surface area contributed by atoms with Crippen molar-refractivity contribution in [3.05, 3.63) is 84.2 Å². The summed E-state index contributed by atoms with van der Waals surface area (Å²) in [5.41, 5.74) is 4.73. The lowest BCUT2D eigenvalue weighted by Gasteiger charge is -2.21. The van der Waals surface area contributed by atoms with Crippen LogP contribution in [-0.4, -0.2) is 10.8 Å². The molecule has 0 bridgehead atoms. The molecule has 4 rings (SSSR count).